The first-order valence-electron chi connectivity index (χ1n) is 9.38. The van der Waals surface area contributed by atoms with Gasteiger partial charge in [-0.2, -0.15) is 0 Å². The lowest BCUT2D eigenvalue weighted by atomic mass is 10.0. The third kappa shape index (κ3) is 4.60. The van der Waals surface area contributed by atoms with Crippen molar-refractivity contribution in [2.75, 3.05) is 0 Å². The average Bonchev–Trinajstić information content (AvgIpc) is 3.14. The Hall–Kier alpha value is -3.62. The van der Waals surface area contributed by atoms with Crippen molar-refractivity contribution in [3.63, 3.8) is 0 Å². The highest BCUT2D eigenvalue weighted by atomic mass is 35.5. The van der Waals surface area contributed by atoms with Gasteiger partial charge < -0.3 is 26.9 Å². The zero-order valence-corrected chi connectivity index (χ0v) is 17.2. The Balaban J connectivity index is 2.29. The molecule has 7 N–H and O–H groups in total. The van der Waals surface area contributed by atoms with E-state index in [-0.39, 0.29) is 24.9 Å². The van der Waals surface area contributed by atoms with Gasteiger partial charge >= 0.3 is 5.97 Å². The Kier molecular flexibility index (Phi) is 6.43. The molecule has 0 saturated carbocycles. The molecule has 1 heterocycles. The third-order valence-electron chi connectivity index (χ3n) is 4.90. The molecule has 0 aliphatic rings. The fourth-order valence-electron chi connectivity index (χ4n) is 3.47. The van der Waals surface area contributed by atoms with Crippen molar-refractivity contribution < 1.29 is 19.5 Å². The standard InChI is InChI=1S/C22H21ClN4O4/c23-14-2-5-16(17(10-14)22(26)31)19-7-3-15(4-8-20(28)29)27(19)18-6-1-12(21(25)30)9-13(18)11-24/h1-3,5-7,9-10H,4,8,11,24H2,(H2,25,30)(H2,26,31)(H,28,29). The molecule has 9 heteroatoms. The van der Waals surface area contributed by atoms with E-state index in [1.165, 1.54) is 6.07 Å². The molecule has 0 aliphatic carbocycles. The number of primary amides is 2. The monoisotopic (exact) mass is 440 g/mol. The number of carbonyl (C=O) groups is 3. The number of amides is 2. The van der Waals surface area contributed by atoms with E-state index in [4.69, 9.17) is 33.9 Å². The Labute approximate surface area is 183 Å². The second-order valence-electron chi connectivity index (χ2n) is 6.91. The predicted octanol–water partition coefficient (Wildman–Crippen LogP) is 2.47. The number of nitrogens with zero attached hydrogens (tertiary/aromatic N) is 1. The topological polar surface area (TPSA) is 154 Å². The van der Waals surface area contributed by atoms with Gasteiger partial charge in [0.25, 0.3) is 0 Å². The maximum atomic E-state index is 12.1. The number of carboxylic acids is 1. The van der Waals surface area contributed by atoms with Crippen molar-refractivity contribution in [3.05, 3.63) is 75.9 Å². The molecule has 0 bridgehead atoms. The number of aromatic nitrogens is 1. The molecule has 3 aromatic rings. The predicted molar refractivity (Wildman–Crippen MR) is 117 cm³/mol. The van der Waals surface area contributed by atoms with Crippen LogP contribution in [0.1, 0.15) is 38.4 Å². The Bertz CT molecular complexity index is 1190. The van der Waals surface area contributed by atoms with Crippen LogP contribution in [0.4, 0.5) is 0 Å². The zero-order valence-electron chi connectivity index (χ0n) is 16.5. The summed E-state index contributed by atoms with van der Waals surface area (Å²) in [7, 11) is 0. The van der Waals surface area contributed by atoms with Crippen LogP contribution < -0.4 is 17.2 Å². The van der Waals surface area contributed by atoms with Crippen molar-refractivity contribution >= 4 is 29.4 Å². The molecule has 0 radical (unpaired) electrons. The first kappa shape index (κ1) is 22.1. The van der Waals surface area contributed by atoms with Crippen LogP contribution in [-0.2, 0) is 17.8 Å². The van der Waals surface area contributed by atoms with Crippen molar-refractivity contribution in [3.8, 4) is 16.9 Å². The number of aryl methyl sites for hydroxylation is 1. The summed E-state index contributed by atoms with van der Waals surface area (Å²) in [5.41, 5.74) is 20.5. The van der Waals surface area contributed by atoms with Crippen molar-refractivity contribution in [2.45, 2.75) is 19.4 Å². The number of nitrogens with two attached hydrogens (primary N) is 3. The van der Waals surface area contributed by atoms with Crippen LogP contribution in [-0.4, -0.2) is 27.5 Å². The van der Waals surface area contributed by atoms with Gasteiger partial charge in [0, 0.05) is 34.0 Å². The lowest BCUT2D eigenvalue weighted by Crippen LogP contribution is -2.16. The summed E-state index contributed by atoms with van der Waals surface area (Å²) in [6.07, 6.45) is 0.139. The summed E-state index contributed by atoms with van der Waals surface area (Å²) in [5, 5.41) is 9.51. The maximum absolute atomic E-state index is 12.1. The van der Waals surface area contributed by atoms with E-state index in [0.29, 0.717) is 38.8 Å². The van der Waals surface area contributed by atoms with Gasteiger partial charge in [0.2, 0.25) is 11.8 Å². The normalized spacial score (nSPS) is 10.8. The zero-order chi connectivity index (χ0) is 22.7. The van der Waals surface area contributed by atoms with Gasteiger partial charge in [-0.25, -0.2) is 0 Å². The van der Waals surface area contributed by atoms with Crippen LogP contribution in [0.3, 0.4) is 0 Å². The highest BCUT2D eigenvalue weighted by Crippen LogP contribution is 2.33. The second-order valence-corrected chi connectivity index (χ2v) is 7.34. The SMILES string of the molecule is NCc1cc(C(N)=O)ccc1-n1c(CCC(=O)O)ccc1-c1ccc(Cl)cc1C(N)=O. The van der Waals surface area contributed by atoms with Crippen molar-refractivity contribution in [1.82, 2.24) is 4.57 Å². The quantitative estimate of drug-likeness (QED) is 0.423. The number of halogens is 1. The number of hydrogen-bond acceptors (Lipinski definition) is 4. The molecule has 2 amide bonds. The van der Waals surface area contributed by atoms with Crippen LogP contribution in [0.5, 0.6) is 0 Å². The molecular formula is C22H21ClN4O4. The van der Waals surface area contributed by atoms with Crippen LogP contribution in [0, 0.1) is 0 Å². The molecule has 0 atom stereocenters. The van der Waals surface area contributed by atoms with Gasteiger partial charge in [-0.15, -0.1) is 0 Å². The minimum atomic E-state index is -0.943. The number of carbonyl (C=O) groups excluding carboxylic acids is 2. The fourth-order valence-corrected chi connectivity index (χ4v) is 3.64. The van der Waals surface area contributed by atoms with E-state index >= 15 is 0 Å². The van der Waals surface area contributed by atoms with E-state index < -0.39 is 17.8 Å². The van der Waals surface area contributed by atoms with Crippen molar-refractivity contribution in [2.24, 2.45) is 17.2 Å². The minimum absolute atomic E-state index is 0.0932. The summed E-state index contributed by atoms with van der Waals surface area (Å²) < 4.78 is 1.81. The fraction of sp³-hybridized carbons (Fsp3) is 0.136. The van der Waals surface area contributed by atoms with Gasteiger partial charge in [-0.1, -0.05) is 17.7 Å². The molecule has 0 saturated heterocycles. The van der Waals surface area contributed by atoms with E-state index in [1.807, 2.05) is 4.57 Å². The summed E-state index contributed by atoms with van der Waals surface area (Å²) >= 11 is 6.05. The smallest absolute Gasteiger partial charge is 0.303 e. The molecule has 3 rings (SSSR count). The first-order chi connectivity index (χ1) is 14.7. The Morgan fingerprint density at radius 1 is 0.968 bits per heavy atom. The van der Waals surface area contributed by atoms with E-state index in [2.05, 4.69) is 0 Å². The highest BCUT2D eigenvalue weighted by molar-refractivity contribution is 6.31. The van der Waals surface area contributed by atoms with Gasteiger partial charge in [0.1, 0.15) is 0 Å². The number of benzene rings is 2. The molecular weight excluding hydrogens is 420 g/mol. The number of rotatable bonds is 8. The van der Waals surface area contributed by atoms with Crippen molar-refractivity contribution in [1.29, 1.82) is 0 Å². The average molecular weight is 441 g/mol. The second kappa shape index (κ2) is 9.03. The first-order valence-corrected chi connectivity index (χ1v) is 9.76. The minimum Gasteiger partial charge on any atom is -0.481 e. The lowest BCUT2D eigenvalue weighted by molar-refractivity contribution is -0.137. The Morgan fingerprint density at radius 2 is 1.71 bits per heavy atom. The number of hydrogen-bond donors (Lipinski definition) is 4. The highest BCUT2D eigenvalue weighted by Gasteiger charge is 2.20. The molecule has 8 nitrogen and oxygen atoms in total. The largest absolute Gasteiger partial charge is 0.481 e. The molecule has 31 heavy (non-hydrogen) atoms. The van der Waals surface area contributed by atoms with Gasteiger partial charge in [-0.3, -0.25) is 14.4 Å². The molecule has 0 unspecified atom stereocenters. The molecule has 2 aromatic carbocycles. The maximum Gasteiger partial charge on any atom is 0.303 e. The summed E-state index contributed by atoms with van der Waals surface area (Å²) in [4.78, 5) is 34.8. The third-order valence-corrected chi connectivity index (χ3v) is 5.14. The van der Waals surface area contributed by atoms with E-state index in [0.717, 1.165) is 0 Å². The summed E-state index contributed by atoms with van der Waals surface area (Å²) in [6.45, 7) is 0.107. The van der Waals surface area contributed by atoms with Gasteiger partial charge in [-0.05, 0) is 54.4 Å². The lowest BCUT2D eigenvalue weighted by Gasteiger charge is -2.19. The Morgan fingerprint density at radius 3 is 2.32 bits per heavy atom. The van der Waals surface area contributed by atoms with E-state index in [1.54, 1.807) is 42.5 Å². The molecule has 160 valence electrons. The molecule has 1 aromatic heterocycles. The van der Waals surface area contributed by atoms with Gasteiger partial charge in [0.05, 0.1) is 17.8 Å². The number of aliphatic carboxylic acids is 1. The van der Waals surface area contributed by atoms with Crippen LogP contribution in [0.25, 0.3) is 16.9 Å². The van der Waals surface area contributed by atoms with Crippen LogP contribution in [0.2, 0.25) is 5.02 Å². The van der Waals surface area contributed by atoms with Crippen LogP contribution >= 0.6 is 11.6 Å². The summed E-state index contributed by atoms with van der Waals surface area (Å²) in [6, 6.07) is 13.2. The van der Waals surface area contributed by atoms with Gasteiger partial charge in [0.15, 0.2) is 0 Å². The molecule has 0 aliphatic heterocycles. The molecule has 0 fully saturated rings. The molecule has 0 spiro atoms. The van der Waals surface area contributed by atoms with Crippen LogP contribution in [0.15, 0.2) is 48.5 Å². The number of carboxylic acid groups (broad SMARTS) is 1. The summed E-state index contributed by atoms with van der Waals surface area (Å²) in [5.74, 6) is -2.18. The van der Waals surface area contributed by atoms with E-state index in [9.17, 15) is 14.4 Å².